The van der Waals surface area contributed by atoms with Crippen LogP contribution in [-0.2, 0) is 13.0 Å². The van der Waals surface area contributed by atoms with E-state index in [0.29, 0.717) is 23.5 Å². The van der Waals surface area contributed by atoms with Crippen LogP contribution < -0.4 is 0 Å². The Balaban J connectivity index is 1.69. The summed E-state index contributed by atoms with van der Waals surface area (Å²) in [6.45, 7) is 2.55. The lowest BCUT2D eigenvalue weighted by atomic mass is 9.88. The number of aromatic carboxylic acids is 1. The van der Waals surface area contributed by atoms with E-state index >= 15 is 0 Å². The van der Waals surface area contributed by atoms with Gasteiger partial charge in [0.2, 0.25) is 0 Å². The quantitative estimate of drug-likeness (QED) is 0.346. The fraction of sp³-hybridized carbons (Fsp3) is 0.357. The van der Waals surface area contributed by atoms with E-state index < -0.39 is 5.97 Å². The van der Waals surface area contributed by atoms with Gasteiger partial charge >= 0.3 is 5.97 Å². The maximum atomic E-state index is 11.9. The summed E-state index contributed by atoms with van der Waals surface area (Å²) in [5, 5.41) is 28.9. The third-order valence-corrected chi connectivity index (χ3v) is 7.00. The van der Waals surface area contributed by atoms with Crippen LogP contribution in [0.3, 0.4) is 0 Å². The first kappa shape index (κ1) is 23.0. The molecular formula is C28H30N4O3. The summed E-state index contributed by atoms with van der Waals surface area (Å²) in [7, 11) is 0. The Hall–Kier alpha value is -3.74. The van der Waals surface area contributed by atoms with Crippen LogP contribution in [0.5, 0.6) is 5.88 Å². The number of carboxylic acids is 1. The van der Waals surface area contributed by atoms with Crippen LogP contribution in [0.2, 0.25) is 0 Å². The highest BCUT2D eigenvalue weighted by Crippen LogP contribution is 2.37. The maximum Gasteiger partial charge on any atom is 0.336 e. The lowest BCUT2D eigenvalue weighted by molar-refractivity contribution is 0.0697. The van der Waals surface area contributed by atoms with E-state index in [0.717, 1.165) is 53.8 Å². The Bertz CT molecular complexity index is 1370. The van der Waals surface area contributed by atoms with Crippen LogP contribution >= 0.6 is 0 Å². The number of benzene rings is 2. The summed E-state index contributed by atoms with van der Waals surface area (Å²) >= 11 is 0. The Morgan fingerprint density at radius 3 is 2.46 bits per heavy atom. The van der Waals surface area contributed by atoms with Gasteiger partial charge < -0.3 is 14.8 Å². The lowest BCUT2D eigenvalue weighted by Gasteiger charge is -2.23. The van der Waals surface area contributed by atoms with Gasteiger partial charge in [0.25, 0.3) is 5.88 Å². The van der Waals surface area contributed by atoms with Crippen molar-refractivity contribution < 1.29 is 15.0 Å². The molecule has 0 aliphatic heterocycles. The summed E-state index contributed by atoms with van der Waals surface area (Å²) < 4.78 is 2.09. The Labute approximate surface area is 204 Å². The summed E-state index contributed by atoms with van der Waals surface area (Å²) in [4.78, 5) is 17.0. The number of rotatable bonds is 7. The molecule has 0 radical (unpaired) electrons. The fourth-order valence-electron chi connectivity index (χ4n) is 5.33. The zero-order valence-electron chi connectivity index (χ0n) is 19.9. The van der Waals surface area contributed by atoms with Crippen molar-refractivity contribution in [3.05, 3.63) is 71.2 Å². The molecule has 0 amide bonds. The van der Waals surface area contributed by atoms with Crippen molar-refractivity contribution in [2.24, 2.45) is 0 Å². The van der Waals surface area contributed by atoms with Gasteiger partial charge in [-0.05, 0) is 42.0 Å². The average molecular weight is 471 g/mol. The number of hydrogen-bond acceptors (Lipinski definition) is 5. The van der Waals surface area contributed by atoms with E-state index in [4.69, 9.17) is 4.98 Å². The number of aromatic hydroxyl groups is 1. The van der Waals surface area contributed by atoms with Crippen LogP contribution in [-0.4, -0.2) is 35.9 Å². The van der Waals surface area contributed by atoms with E-state index in [1.807, 2.05) is 36.4 Å². The molecule has 1 aliphatic rings. The number of nitrogens with zero attached hydrogens (tertiary/aromatic N) is 4. The first-order valence-electron chi connectivity index (χ1n) is 12.4. The highest BCUT2D eigenvalue weighted by Gasteiger charge is 2.26. The highest BCUT2D eigenvalue weighted by molar-refractivity contribution is 5.96. The Morgan fingerprint density at radius 2 is 1.71 bits per heavy atom. The molecule has 0 bridgehead atoms. The van der Waals surface area contributed by atoms with Gasteiger partial charge in [0.05, 0.1) is 17.8 Å². The van der Waals surface area contributed by atoms with E-state index in [2.05, 4.69) is 21.7 Å². The molecule has 7 nitrogen and oxygen atoms in total. The van der Waals surface area contributed by atoms with Gasteiger partial charge in [0, 0.05) is 5.92 Å². The summed E-state index contributed by atoms with van der Waals surface area (Å²) in [5.41, 5.74) is 4.91. The van der Waals surface area contributed by atoms with Gasteiger partial charge in [-0.25, -0.2) is 9.78 Å². The number of carbonyl (C=O) groups is 1. The first-order valence-corrected chi connectivity index (χ1v) is 12.4. The third-order valence-electron chi connectivity index (χ3n) is 7.00. The summed E-state index contributed by atoms with van der Waals surface area (Å²) in [6, 6.07) is 14.9. The molecule has 4 aromatic rings. The number of carboxylic acid groups (broad SMARTS) is 1. The smallest absolute Gasteiger partial charge is 0.336 e. The van der Waals surface area contributed by atoms with Gasteiger partial charge in [-0.2, -0.15) is 0 Å². The minimum atomic E-state index is -0.955. The number of aryl methyl sites for hydroxylation is 1. The minimum absolute atomic E-state index is 0.113. The van der Waals surface area contributed by atoms with Crippen molar-refractivity contribution in [2.45, 2.75) is 64.3 Å². The van der Waals surface area contributed by atoms with E-state index in [1.165, 1.54) is 19.3 Å². The van der Waals surface area contributed by atoms with E-state index in [-0.39, 0.29) is 11.4 Å². The Morgan fingerprint density at radius 1 is 1.00 bits per heavy atom. The zero-order chi connectivity index (χ0) is 24.4. The maximum absolute atomic E-state index is 11.9. The molecule has 1 fully saturated rings. The molecule has 0 spiro atoms. The SMILES string of the molecule is CCCc1nnc(O)c2c1nc(C1CCCCC1)n2Cc1ccccc1-c1ccccc1C(=O)O. The zero-order valence-corrected chi connectivity index (χ0v) is 19.9. The number of aromatic nitrogens is 4. The molecular weight excluding hydrogens is 440 g/mol. The van der Waals surface area contributed by atoms with E-state index in [1.54, 1.807) is 12.1 Å². The summed E-state index contributed by atoms with van der Waals surface area (Å²) in [6.07, 6.45) is 7.36. The van der Waals surface area contributed by atoms with Gasteiger partial charge in [-0.3, -0.25) is 0 Å². The van der Waals surface area contributed by atoms with Crippen molar-refractivity contribution >= 4 is 17.0 Å². The molecule has 5 rings (SSSR count). The molecule has 0 atom stereocenters. The second-order valence-electron chi connectivity index (χ2n) is 9.32. The molecule has 0 saturated heterocycles. The first-order chi connectivity index (χ1) is 17.1. The average Bonchev–Trinajstić information content (AvgIpc) is 3.27. The Kier molecular flexibility index (Phi) is 6.49. The van der Waals surface area contributed by atoms with Crippen molar-refractivity contribution in [2.75, 3.05) is 0 Å². The fourth-order valence-corrected chi connectivity index (χ4v) is 5.33. The highest BCUT2D eigenvalue weighted by atomic mass is 16.4. The predicted octanol–water partition coefficient (Wildman–Crippen LogP) is 5.95. The van der Waals surface area contributed by atoms with Crippen molar-refractivity contribution in [1.82, 2.24) is 19.7 Å². The van der Waals surface area contributed by atoms with Gasteiger partial charge in [-0.15, -0.1) is 10.2 Å². The molecule has 0 unspecified atom stereocenters. The molecule has 2 N–H and O–H groups in total. The topological polar surface area (TPSA) is 101 Å². The molecule has 7 heteroatoms. The summed E-state index contributed by atoms with van der Waals surface area (Å²) in [5.74, 6) is 0.202. The molecule has 1 saturated carbocycles. The molecule has 2 heterocycles. The minimum Gasteiger partial charge on any atom is -0.491 e. The molecule has 1 aliphatic carbocycles. The monoisotopic (exact) mass is 470 g/mol. The van der Waals surface area contributed by atoms with Gasteiger partial charge in [0.1, 0.15) is 16.9 Å². The molecule has 35 heavy (non-hydrogen) atoms. The van der Waals surface area contributed by atoms with Crippen LogP contribution in [0.25, 0.3) is 22.2 Å². The molecule has 2 aromatic carbocycles. The number of fused-ring (bicyclic) bond motifs is 1. The second-order valence-corrected chi connectivity index (χ2v) is 9.32. The van der Waals surface area contributed by atoms with Crippen LogP contribution in [0.15, 0.2) is 48.5 Å². The molecule has 180 valence electrons. The van der Waals surface area contributed by atoms with Crippen molar-refractivity contribution in [3.8, 4) is 17.0 Å². The normalized spacial score (nSPS) is 14.4. The van der Waals surface area contributed by atoms with Gasteiger partial charge in [0.15, 0.2) is 0 Å². The lowest BCUT2D eigenvalue weighted by Crippen LogP contribution is -2.13. The second kappa shape index (κ2) is 9.86. The van der Waals surface area contributed by atoms with E-state index in [9.17, 15) is 15.0 Å². The number of imidazole rings is 1. The van der Waals surface area contributed by atoms with Crippen molar-refractivity contribution in [1.29, 1.82) is 0 Å². The largest absolute Gasteiger partial charge is 0.491 e. The predicted molar refractivity (Wildman–Crippen MR) is 135 cm³/mol. The van der Waals surface area contributed by atoms with Crippen LogP contribution in [0, 0.1) is 0 Å². The van der Waals surface area contributed by atoms with Crippen molar-refractivity contribution in [3.63, 3.8) is 0 Å². The van der Waals surface area contributed by atoms with Crippen LogP contribution in [0.4, 0.5) is 0 Å². The van der Waals surface area contributed by atoms with Gasteiger partial charge in [-0.1, -0.05) is 75.1 Å². The van der Waals surface area contributed by atoms with Crippen LogP contribution in [0.1, 0.15) is 78.8 Å². The number of hydrogen-bond donors (Lipinski definition) is 2. The third kappa shape index (κ3) is 4.38. The standard InChI is InChI=1S/C28H30N4O3/c1-2-10-23-24-25(27(33)31-30-23)32(26(29-24)18-11-4-3-5-12-18)17-19-13-6-7-14-20(19)21-15-8-9-16-22(21)28(34)35/h6-9,13-16,18H,2-5,10-12,17H2,1H3,(H,31,33)(H,34,35). The molecule has 2 aromatic heterocycles.